The van der Waals surface area contributed by atoms with Crippen LogP contribution in [0.25, 0.3) is 0 Å². The van der Waals surface area contributed by atoms with Gasteiger partial charge in [0.2, 0.25) is 10.0 Å². The summed E-state index contributed by atoms with van der Waals surface area (Å²) in [7, 11) is -3.64. The van der Waals surface area contributed by atoms with Crippen molar-refractivity contribution in [3.63, 3.8) is 0 Å². The average molecular weight is 463 g/mol. The summed E-state index contributed by atoms with van der Waals surface area (Å²) in [6.07, 6.45) is 3.31. The Labute approximate surface area is 186 Å². The Morgan fingerprint density at radius 2 is 1.81 bits per heavy atom. The molecule has 2 saturated heterocycles. The van der Waals surface area contributed by atoms with E-state index in [0.717, 1.165) is 29.9 Å². The number of aryl methyl sites for hydroxylation is 1. The van der Waals surface area contributed by atoms with Crippen LogP contribution in [0.1, 0.15) is 39.3 Å². The van der Waals surface area contributed by atoms with Gasteiger partial charge in [-0.2, -0.15) is 16.1 Å². The Hall–Kier alpha value is -2.30. The number of benzene rings is 1. The Kier molecular flexibility index (Phi) is 6.40. The van der Waals surface area contributed by atoms with E-state index in [1.54, 1.807) is 28.8 Å². The molecule has 0 bridgehead atoms. The zero-order valence-corrected chi connectivity index (χ0v) is 19.0. The molecular weight excluding hydrogens is 436 g/mol. The first-order chi connectivity index (χ1) is 14.9. The summed E-state index contributed by atoms with van der Waals surface area (Å²) in [5.74, 6) is 0.941. The number of thioether (sulfide) groups is 1. The molecule has 0 aliphatic carbocycles. The minimum Gasteiger partial charge on any atom is -0.356 e. The predicted octanol–water partition coefficient (Wildman–Crippen LogP) is 2.55. The monoisotopic (exact) mass is 462 g/mol. The molecular formula is C21H26N4O4S2. The maximum atomic E-state index is 13.0. The Bertz CT molecular complexity index is 1080. The fourth-order valence-electron chi connectivity index (χ4n) is 3.91. The van der Waals surface area contributed by atoms with Crippen molar-refractivity contribution in [3.05, 3.63) is 47.3 Å². The number of anilines is 1. The minimum absolute atomic E-state index is 0.0714. The number of aromatic amines is 1. The molecule has 0 saturated carbocycles. The fourth-order valence-corrected chi connectivity index (χ4v) is 6.48. The lowest BCUT2D eigenvalue weighted by Gasteiger charge is -2.24. The third kappa shape index (κ3) is 4.51. The van der Waals surface area contributed by atoms with Crippen molar-refractivity contribution in [1.29, 1.82) is 0 Å². The van der Waals surface area contributed by atoms with E-state index in [2.05, 4.69) is 10.3 Å². The molecule has 10 heteroatoms. The number of carbonyl (C=O) groups is 2. The van der Waals surface area contributed by atoms with E-state index in [0.29, 0.717) is 37.4 Å². The minimum atomic E-state index is -3.64. The lowest BCUT2D eigenvalue weighted by Crippen LogP contribution is -2.37. The van der Waals surface area contributed by atoms with Crippen molar-refractivity contribution in [2.24, 2.45) is 0 Å². The van der Waals surface area contributed by atoms with E-state index in [-0.39, 0.29) is 16.5 Å². The Balaban J connectivity index is 1.54. The highest BCUT2D eigenvalue weighted by atomic mass is 32.2. The molecule has 0 unspecified atom stereocenters. The summed E-state index contributed by atoms with van der Waals surface area (Å²) < 4.78 is 27.1. The molecule has 8 nitrogen and oxygen atoms in total. The molecule has 0 spiro atoms. The summed E-state index contributed by atoms with van der Waals surface area (Å²) in [5, 5.41) is 2.79. The number of sulfonamides is 1. The zero-order chi connectivity index (χ0) is 22.0. The molecule has 0 atom stereocenters. The maximum Gasteiger partial charge on any atom is 0.272 e. The van der Waals surface area contributed by atoms with Crippen LogP contribution in [-0.4, -0.2) is 72.1 Å². The third-order valence-electron chi connectivity index (χ3n) is 5.64. The van der Waals surface area contributed by atoms with Gasteiger partial charge in [-0.05, 0) is 37.5 Å². The zero-order valence-electron chi connectivity index (χ0n) is 17.4. The van der Waals surface area contributed by atoms with Crippen LogP contribution in [0.2, 0.25) is 0 Å². The number of likely N-dealkylation sites (tertiary alicyclic amines) is 1. The lowest BCUT2D eigenvalue weighted by atomic mass is 10.0. The summed E-state index contributed by atoms with van der Waals surface area (Å²) in [6.45, 7) is 4.20. The van der Waals surface area contributed by atoms with Gasteiger partial charge in [-0.1, -0.05) is 12.1 Å². The Morgan fingerprint density at radius 1 is 1.10 bits per heavy atom. The molecule has 1 aromatic heterocycles. The number of aromatic nitrogens is 1. The molecule has 1 aromatic carbocycles. The first-order valence-electron chi connectivity index (χ1n) is 10.3. The van der Waals surface area contributed by atoms with E-state index < -0.39 is 15.9 Å². The summed E-state index contributed by atoms with van der Waals surface area (Å²) in [6, 6.07) is 6.67. The van der Waals surface area contributed by atoms with Gasteiger partial charge in [-0.15, -0.1) is 0 Å². The number of hydrogen-bond donors (Lipinski definition) is 2. The highest BCUT2D eigenvalue weighted by Crippen LogP contribution is 2.25. The SMILES string of the molecule is Cc1cccc(NC(=O)c2cc(S(=O)(=O)N3CCSCC3)c[nH]2)c1C(=O)N1CCCC1. The van der Waals surface area contributed by atoms with Crippen molar-refractivity contribution in [2.45, 2.75) is 24.7 Å². The van der Waals surface area contributed by atoms with Gasteiger partial charge in [-0.25, -0.2) is 8.42 Å². The van der Waals surface area contributed by atoms with Crippen LogP contribution in [0, 0.1) is 6.92 Å². The van der Waals surface area contributed by atoms with Crippen molar-refractivity contribution in [3.8, 4) is 0 Å². The number of nitrogens with one attached hydrogen (secondary N) is 2. The van der Waals surface area contributed by atoms with Gasteiger partial charge in [0.15, 0.2) is 0 Å². The van der Waals surface area contributed by atoms with Crippen molar-refractivity contribution in [1.82, 2.24) is 14.2 Å². The quantitative estimate of drug-likeness (QED) is 0.711. The van der Waals surface area contributed by atoms with Crippen LogP contribution in [0.3, 0.4) is 0 Å². The Morgan fingerprint density at radius 3 is 2.52 bits per heavy atom. The van der Waals surface area contributed by atoms with Gasteiger partial charge in [0.05, 0.1) is 11.3 Å². The second-order valence-corrected chi connectivity index (χ2v) is 10.9. The average Bonchev–Trinajstić information content (AvgIpc) is 3.47. The van der Waals surface area contributed by atoms with Crippen LogP contribution < -0.4 is 5.32 Å². The standard InChI is InChI=1S/C21H26N4O4S2/c1-15-5-4-6-17(19(15)21(27)24-7-2-3-8-24)23-20(26)18-13-16(14-22-18)31(28,29)25-9-11-30-12-10-25/h4-6,13-14,22H,2-3,7-12H2,1H3,(H,23,26). The van der Waals surface area contributed by atoms with Crippen LogP contribution in [0.4, 0.5) is 5.69 Å². The normalized spacial score (nSPS) is 17.6. The lowest BCUT2D eigenvalue weighted by molar-refractivity contribution is 0.0793. The van der Waals surface area contributed by atoms with Crippen molar-refractivity contribution in [2.75, 3.05) is 43.0 Å². The first kappa shape index (κ1) is 21.9. The van der Waals surface area contributed by atoms with E-state index in [9.17, 15) is 18.0 Å². The molecule has 2 N–H and O–H groups in total. The smallest absolute Gasteiger partial charge is 0.272 e. The van der Waals surface area contributed by atoms with Gasteiger partial charge in [0, 0.05) is 43.9 Å². The van der Waals surface area contributed by atoms with Gasteiger partial charge in [-0.3, -0.25) is 9.59 Å². The van der Waals surface area contributed by atoms with Gasteiger partial charge >= 0.3 is 0 Å². The molecule has 2 aromatic rings. The number of hydrogen-bond acceptors (Lipinski definition) is 5. The molecule has 2 fully saturated rings. The summed E-state index contributed by atoms with van der Waals surface area (Å²) in [5.41, 5.74) is 1.82. The third-order valence-corrected chi connectivity index (χ3v) is 8.46. The summed E-state index contributed by atoms with van der Waals surface area (Å²) >= 11 is 1.73. The highest BCUT2D eigenvalue weighted by molar-refractivity contribution is 7.99. The fraction of sp³-hybridized carbons (Fsp3) is 0.429. The largest absolute Gasteiger partial charge is 0.356 e. The van der Waals surface area contributed by atoms with Gasteiger partial charge < -0.3 is 15.2 Å². The second-order valence-electron chi connectivity index (χ2n) is 7.72. The number of amides is 2. The number of rotatable bonds is 5. The van der Waals surface area contributed by atoms with Crippen LogP contribution in [-0.2, 0) is 10.0 Å². The van der Waals surface area contributed by atoms with Crippen LogP contribution >= 0.6 is 11.8 Å². The molecule has 2 aliphatic rings. The number of H-pyrrole nitrogens is 1. The topological polar surface area (TPSA) is 103 Å². The van der Waals surface area contributed by atoms with Crippen molar-refractivity contribution >= 4 is 39.3 Å². The van der Waals surface area contributed by atoms with Crippen molar-refractivity contribution < 1.29 is 18.0 Å². The van der Waals surface area contributed by atoms with E-state index in [1.807, 2.05) is 13.0 Å². The maximum absolute atomic E-state index is 13.0. The number of carbonyl (C=O) groups excluding carboxylic acids is 2. The van der Waals surface area contributed by atoms with Gasteiger partial charge in [0.25, 0.3) is 11.8 Å². The molecule has 2 aliphatic heterocycles. The van der Waals surface area contributed by atoms with E-state index >= 15 is 0 Å². The molecule has 2 amide bonds. The molecule has 4 rings (SSSR count). The molecule has 166 valence electrons. The highest BCUT2D eigenvalue weighted by Gasteiger charge is 2.28. The van der Waals surface area contributed by atoms with E-state index in [1.165, 1.54) is 16.6 Å². The summed E-state index contributed by atoms with van der Waals surface area (Å²) in [4.78, 5) is 30.5. The second kappa shape index (κ2) is 9.05. The number of nitrogens with zero attached hydrogens (tertiary/aromatic N) is 2. The van der Waals surface area contributed by atoms with E-state index in [4.69, 9.17) is 0 Å². The molecule has 3 heterocycles. The molecule has 0 radical (unpaired) electrons. The van der Waals surface area contributed by atoms with Gasteiger partial charge in [0.1, 0.15) is 10.6 Å². The first-order valence-corrected chi connectivity index (χ1v) is 12.9. The predicted molar refractivity (Wildman–Crippen MR) is 121 cm³/mol. The molecule has 31 heavy (non-hydrogen) atoms. The van der Waals surface area contributed by atoms with Crippen LogP contribution in [0.15, 0.2) is 35.4 Å². The van der Waals surface area contributed by atoms with Crippen LogP contribution in [0.5, 0.6) is 0 Å².